The molecule has 4 atom stereocenters. The van der Waals surface area contributed by atoms with E-state index in [1.165, 1.54) is 12.5 Å². The summed E-state index contributed by atoms with van der Waals surface area (Å²) in [5, 5.41) is 26.2. The fourth-order valence-corrected chi connectivity index (χ4v) is 3.84. The molecule has 2 aromatic rings. The first-order valence-electron chi connectivity index (χ1n) is 12.6. The van der Waals surface area contributed by atoms with E-state index >= 15 is 0 Å². The number of amides is 3. The highest BCUT2D eigenvalue weighted by atomic mass is 16.4. The maximum absolute atomic E-state index is 13.2. The van der Waals surface area contributed by atoms with Crippen molar-refractivity contribution in [3.63, 3.8) is 0 Å². The average Bonchev–Trinajstić information content (AvgIpc) is 3.38. The Morgan fingerprint density at radius 1 is 0.897 bits per heavy atom. The summed E-state index contributed by atoms with van der Waals surface area (Å²) in [6, 6.07) is 4.31. The minimum Gasteiger partial charge on any atom is -0.481 e. The number of nitrogens with two attached hydrogens (primary N) is 1. The molecule has 13 nitrogen and oxygen atoms in total. The van der Waals surface area contributed by atoms with Gasteiger partial charge in [0, 0.05) is 24.7 Å². The van der Waals surface area contributed by atoms with Gasteiger partial charge in [0.2, 0.25) is 17.7 Å². The minimum absolute atomic E-state index is 0.0555. The summed E-state index contributed by atoms with van der Waals surface area (Å²) in [6.07, 6.45) is 2.48. The van der Waals surface area contributed by atoms with Crippen molar-refractivity contribution < 1.29 is 34.2 Å². The second-order valence-electron chi connectivity index (χ2n) is 9.66. The smallest absolute Gasteiger partial charge is 0.326 e. The van der Waals surface area contributed by atoms with Crippen LogP contribution in [0.5, 0.6) is 0 Å². The second-order valence-corrected chi connectivity index (χ2v) is 9.66. The summed E-state index contributed by atoms with van der Waals surface area (Å²) >= 11 is 0. The van der Waals surface area contributed by atoms with Crippen molar-refractivity contribution in [2.75, 3.05) is 0 Å². The zero-order chi connectivity index (χ0) is 28.9. The molecule has 212 valence electrons. The topological polar surface area (TPSA) is 217 Å². The van der Waals surface area contributed by atoms with Crippen LogP contribution in [0.25, 0.3) is 0 Å². The van der Waals surface area contributed by atoms with Crippen molar-refractivity contribution in [3.8, 4) is 0 Å². The number of hydrogen-bond acceptors (Lipinski definition) is 7. The van der Waals surface area contributed by atoms with Crippen molar-refractivity contribution in [3.05, 3.63) is 54.1 Å². The molecule has 0 saturated heterocycles. The summed E-state index contributed by atoms with van der Waals surface area (Å²) in [5.74, 6) is -4.67. The summed E-state index contributed by atoms with van der Waals surface area (Å²) in [5.41, 5.74) is 7.33. The van der Waals surface area contributed by atoms with E-state index in [4.69, 9.17) is 10.8 Å². The normalized spacial score (nSPS) is 14.1. The Kier molecular flexibility index (Phi) is 12.1. The molecule has 13 heteroatoms. The third-order valence-electron chi connectivity index (χ3n) is 5.85. The Morgan fingerprint density at radius 2 is 1.51 bits per heavy atom. The van der Waals surface area contributed by atoms with Gasteiger partial charge in [0.1, 0.15) is 18.1 Å². The van der Waals surface area contributed by atoms with Crippen LogP contribution in [0.2, 0.25) is 0 Å². The van der Waals surface area contributed by atoms with E-state index in [1.807, 2.05) is 19.9 Å². The summed E-state index contributed by atoms with van der Waals surface area (Å²) in [6.45, 7) is 3.63. The van der Waals surface area contributed by atoms with Crippen LogP contribution in [-0.4, -0.2) is 74.0 Å². The number of carbonyl (C=O) groups is 5. The minimum atomic E-state index is -1.29. The van der Waals surface area contributed by atoms with E-state index in [0.717, 1.165) is 5.56 Å². The lowest BCUT2D eigenvalue weighted by Gasteiger charge is -2.26. The van der Waals surface area contributed by atoms with Crippen molar-refractivity contribution >= 4 is 29.7 Å². The predicted octanol–water partition coefficient (Wildman–Crippen LogP) is -0.0279. The van der Waals surface area contributed by atoms with Gasteiger partial charge < -0.3 is 36.9 Å². The number of nitrogens with one attached hydrogen (secondary N) is 4. The zero-order valence-corrected chi connectivity index (χ0v) is 21.9. The van der Waals surface area contributed by atoms with E-state index in [2.05, 4.69) is 25.9 Å². The molecular weight excluding hydrogens is 508 g/mol. The molecule has 0 aliphatic heterocycles. The Hall–Kier alpha value is -4.26. The van der Waals surface area contributed by atoms with Crippen molar-refractivity contribution in [2.45, 2.75) is 70.1 Å². The van der Waals surface area contributed by atoms with Gasteiger partial charge >= 0.3 is 11.9 Å². The molecule has 0 fully saturated rings. The Morgan fingerprint density at radius 3 is 2.08 bits per heavy atom. The lowest BCUT2D eigenvalue weighted by atomic mass is 10.0. The van der Waals surface area contributed by atoms with Gasteiger partial charge in [-0.3, -0.25) is 19.2 Å². The lowest BCUT2D eigenvalue weighted by molar-refractivity contribution is -0.142. The Balaban J connectivity index is 2.13. The highest BCUT2D eigenvalue weighted by Gasteiger charge is 2.31. The predicted molar refractivity (Wildman–Crippen MR) is 140 cm³/mol. The molecular formula is C26H36N6O7. The molecule has 1 aromatic heterocycles. The molecule has 2 rings (SSSR count). The van der Waals surface area contributed by atoms with Gasteiger partial charge in [0.05, 0.1) is 12.4 Å². The fourth-order valence-electron chi connectivity index (χ4n) is 3.84. The second kappa shape index (κ2) is 15.2. The molecule has 0 radical (unpaired) electrons. The van der Waals surface area contributed by atoms with Crippen LogP contribution in [0.4, 0.5) is 0 Å². The van der Waals surface area contributed by atoms with E-state index in [9.17, 15) is 29.1 Å². The Bertz CT molecular complexity index is 1110. The number of imidazole rings is 1. The molecule has 1 heterocycles. The van der Waals surface area contributed by atoms with Gasteiger partial charge in [-0.2, -0.15) is 0 Å². The quantitative estimate of drug-likeness (QED) is 0.151. The summed E-state index contributed by atoms with van der Waals surface area (Å²) in [7, 11) is 0. The van der Waals surface area contributed by atoms with Gasteiger partial charge in [-0.25, -0.2) is 9.78 Å². The monoisotopic (exact) mass is 544 g/mol. The molecule has 8 N–H and O–H groups in total. The van der Waals surface area contributed by atoms with E-state index in [1.54, 1.807) is 24.3 Å². The van der Waals surface area contributed by atoms with Crippen LogP contribution in [0.3, 0.4) is 0 Å². The Labute approximate surface area is 226 Å². The molecule has 0 aliphatic rings. The first-order chi connectivity index (χ1) is 18.5. The zero-order valence-electron chi connectivity index (χ0n) is 21.9. The number of carboxylic acids is 2. The first kappa shape index (κ1) is 31.0. The molecule has 0 saturated carbocycles. The highest BCUT2D eigenvalue weighted by molar-refractivity contribution is 5.94. The summed E-state index contributed by atoms with van der Waals surface area (Å²) < 4.78 is 0. The molecule has 4 unspecified atom stereocenters. The molecule has 0 spiro atoms. The van der Waals surface area contributed by atoms with E-state index in [0.29, 0.717) is 5.69 Å². The van der Waals surface area contributed by atoms with Gasteiger partial charge in [-0.1, -0.05) is 44.2 Å². The van der Waals surface area contributed by atoms with Crippen LogP contribution < -0.4 is 21.7 Å². The first-order valence-corrected chi connectivity index (χ1v) is 12.6. The maximum atomic E-state index is 13.2. The van der Waals surface area contributed by atoms with E-state index in [-0.39, 0.29) is 31.6 Å². The molecule has 0 bridgehead atoms. The number of nitrogens with zero attached hydrogens (tertiary/aromatic N) is 1. The molecule has 3 amide bonds. The third kappa shape index (κ3) is 10.9. The van der Waals surface area contributed by atoms with Crippen LogP contribution in [-0.2, 0) is 36.8 Å². The van der Waals surface area contributed by atoms with Gasteiger partial charge in [-0.15, -0.1) is 0 Å². The van der Waals surface area contributed by atoms with Crippen LogP contribution in [0.15, 0.2) is 42.9 Å². The van der Waals surface area contributed by atoms with E-state index < -0.39 is 60.2 Å². The number of aliphatic carboxylic acids is 2. The highest BCUT2D eigenvalue weighted by Crippen LogP contribution is 2.09. The summed E-state index contributed by atoms with van der Waals surface area (Å²) in [4.78, 5) is 68.5. The largest absolute Gasteiger partial charge is 0.481 e. The van der Waals surface area contributed by atoms with Crippen LogP contribution in [0.1, 0.15) is 44.4 Å². The number of rotatable bonds is 16. The number of carbonyl (C=O) groups excluding carboxylic acids is 3. The van der Waals surface area contributed by atoms with Crippen molar-refractivity contribution in [2.24, 2.45) is 11.7 Å². The number of aromatic amines is 1. The number of benzene rings is 1. The average molecular weight is 545 g/mol. The third-order valence-corrected chi connectivity index (χ3v) is 5.85. The maximum Gasteiger partial charge on any atom is 0.326 e. The molecule has 39 heavy (non-hydrogen) atoms. The lowest BCUT2D eigenvalue weighted by Crippen LogP contribution is -2.57. The standard InChI is InChI=1S/C26H36N6O7/c1-15(2)10-20(25(37)32-21(26(38)39)12-17-13-28-14-29-17)31-24(36)19(8-9-22(33)34)30-23(35)18(27)11-16-6-4-3-5-7-16/h3-7,13-15,18-21H,8-12,27H2,1-2H3,(H,28,29)(H,30,35)(H,31,36)(H,32,37)(H,33,34)(H,38,39). The van der Waals surface area contributed by atoms with Gasteiger partial charge in [0.25, 0.3) is 0 Å². The molecule has 1 aromatic carbocycles. The van der Waals surface area contributed by atoms with Crippen molar-refractivity contribution in [1.82, 2.24) is 25.9 Å². The van der Waals surface area contributed by atoms with Crippen LogP contribution in [0, 0.1) is 5.92 Å². The fraction of sp³-hybridized carbons (Fsp3) is 0.462. The number of carboxylic acid groups (broad SMARTS) is 2. The van der Waals surface area contributed by atoms with Crippen LogP contribution >= 0.6 is 0 Å². The van der Waals surface area contributed by atoms with Gasteiger partial charge in [-0.05, 0) is 30.7 Å². The number of H-pyrrole nitrogens is 1. The van der Waals surface area contributed by atoms with Gasteiger partial charge in [0.15, 0.2) is 0 Å². The molecule has 0 aliphatic carbocycles. The van der Waals surface area contributed by atoms with Crippen molar-refractivity contribution in [1.29, 1.82) is 0 Å². The number of hydrogen-bond donors (Lipinski definition) is 7. The SMILES string of the molecule is CC(C)CC(NC(=O)C(CCC(=O)O)NC(=O)C(N)Cc1ccccc1)C(=O)NC(Cc1cnc[nH]1)C(=O)O. The number of aromatic nitrogens is 2.